The lowest BCUT2D eigenvalue weighted by Crippen LogP contribution is -2.12. The Balaban J connectivity index is 3.52. The van der Waals surface area contributed by atoms with Gasteiger partial charge in [-0.25, -0.2) is 0 Å². The van der Waals surface area contributed by atoms with E-state index in [1.165, 1.54) is 0 Å². The molecule has 0 saturated heterocycles. The molecule has 0 aliphatic rings. The number of halogens is 2. The predicted octanol–water partition coefficient (Wildman–Crippen LogP) is 5.12. The van der Waals surface area contributed by atoms with Crippen LogP contribution in [0.5, 0.6) is 5.75 Å². The first kappa shape index (κ1) is 13.7. The van der Waals surface area contributed by atoms with Gasteiger partial charge in [-0.05, 0) is 23.0 Å². The van der Waals surface area contributed by atoms with Crippen molar-refractivity contribution in [2.24, 2.45) is 0 Å². The first-order valence-corrected chi connectivity index (χ1v) is 6.13. The molecule has 0 saturated carbocycles. The molecule has 0 bridgehead atoms. The molecule has 0 aromatic heterocycles. The van der Waals surface area contributed by atoms with Crippen LogP contribution in [0.15, 0.2) is 6.07 Å². The minimum absolute atomic E-state index is 0.155. The second-order valence-electron chi connectivity index (χ2n) is 5.39. The molecule has 1 aromatic carbocycles. The van der Waals surface area contributed by atoms with Gasteiger partial charge in [-0.3, -0.25) is 0 Å². The number of benzene rings is 1. The van der Waals surface area contributed by atoms with E-state index in [0.29, 0.717) is 10.0 Å². The van der Waals surface area contributed by atoms with Crippen LogP contribution in [0, 0.1) is 0 Å². The Morgan fingerprint density at radius 1 is 1.19 bits per heavy atom. The first-order valence-electron chi connectivity index (χ1n) is 5.37. The van der Waals surface area contributed by atoms with E-state index in [4.69, 9.17) is 23.2 Å². The van der Waals surface area contributed by atoms with Crippen LogP contribution >= 0.6 is 23.2 Å². The number of phenols is 1. The highest BCUT2D eigenvalue weighted by Gasteiger charge is 2.24. The summed E-state index contributed by atoms with van der Waals surface area (Å²) in [7, 11) is 0. The van der Waals surface area contributed by atoms with Crippen LogP contribution in [0.1, 0.15) is 51.7 Å². The minimum atomic E-state index is -0.174. The molecule has 0 fully saturated rings. The third kappa shape index (κ3) is 2.46. The van der Waals surface area contributed by atoms with Crippen LogP contribution in [0.4, 0.5) is 0 Å². The number of rotatable bonds is 1. The van der Waals surface area contributed by atoms with Crippen molar-refractivity contribution in [2.75, 3.05) is 0 Å². The zero-order valence-electron chi connectivity index (χ0n) is 10.4. The predicted molar refractivity (Wildman–Crippen MR) is 70.9 cm³/mol. The van der Waals surface area contributed by atoms with Crippen molar-refractivity contribution in [3.05, 3.63) is 27.2 Å². The molecule has 1 N–H and O–H groups in total. The van der Waals surface area contributed by atoms with Crippen molar-refractivity contribution in [3.8, 4) is 5.75 Å². The summed E-state index contributed by atoms with van der Waals surface area (Å²) >= 11 is 12.4. The quantitative estimate of drug-likeness (QED) is 0.743. The SMILES string of the molecule is CC(C)c1c(Cl)cc(C(C)(C)C)c(O)c1Cl. The van der Waals surface area contributed by atoms with Crippen molar-refractivity contribution < 1.29 is 5.11 Å². The summed E-state index contributed by atoms with van der Waals surface area (Å²) in [6.07, 6.45) is 0. The Labute approximate surface area is 107 Å². The molecule has 0 unspecified atom stereocenters. The second-order valence-corrected chi connectivity index (χ2v) is 6.17. The fourth-order valence-electron chi connectivity index (χ4n) is 1.72. The van der Waals surface area contributed by atoms with E-state index in [0.717, 1.165) is 11.1 Å². The minimum Gasteiger partial charge on any atom is -0.506 e. The molecular weight excluding hydrogens is 243 g/mol. The summed E-state index contributed by atoms with van der Waals surface area (Å²) in [6.45, 7) is 10.1. The molecule has 0 aliphatic heterocycles. The first-order chi connectivity index (χ1) is 7.16. The molecule has 1 rings (SSSR count). The van der Waals surface area contributed by atoms with Gasteiger partial charge in [0.05, 0.1) is 5.02 Å². The van der Waals surface area contributed by atoms with Gasteiger partial charge in [0.2, 0.25) is 0 Å². The molecule has 0 atom stereocenters. The molecule has 3 heteroatoms. The van der Waals surface area contributed by atoms with E-state index in [-0.39, 0.29) is 17.1 Å². The van der Waals surface area contributed by atoms with E-state index in [1.54, 1.807) is 0 Å². The normalized spacial score (nSPS) is 12.2. The van der Waals surface area contributed by atoms with E-state index in [9.17, 15) is 5.11 Å². The van der Waals surface area contributed by atoms with Gasteiger partial charge in [0.1, 0.15) is 5.75 Å². The lowest BCUT2D eigenvalue weighted by molar-refractivity contribution is 0.446. The lowest BCUT2D eigenvalue weighted by atomic mass is 9.85. The summed E-state index contributed by atoms with van der Waals surface area (Å²) in [5.74, 6) is 0.349. The van der Waals surface area contributed by atoms with Crippen molar-refractivity contribution in [1.29, 1.82) is 0 Å². The molecule has 0 heterocycles. The van der Waals surface area contributed by atoms with Gasteiger partial charge in [0, 0.05) is 10.6 Å². The average molecular weight is 261 g/mol. The van der Waals surface area contributed by atoms with Gasteiger partial charge in [0.15, 0.2) is 0 Å². The molecular formula is C13H18Cl2O. The van der Waals surface area contributed by atoms with Gasteiger partial charge in [0.25, 0.3) is 0 Å². The fourth-order valence-corrected chi connectivity index (χ4v) is 2.62. The summed E-state index contributed by atoms with van der Waals surface area (Å²) in [5.41, 5.74) is 1.42. The Hall–Kier alpha value is -0.400. The molecule has 16 heavy (non-hydrogen) atoms. The maximum absolute atomic E-state index is 10.1. The van der Waals surface area contributed by atoms with Crippen LogP contribution in [0.25, 0.3) is 0 Å². The van der Waals surface area contributed by atoms with E-state index in [1.807, 2.05) is 40.7 Å². The second kappa shape index (κ2) is 4.46. The number of hydrogen-bond donors (Lipinski definition) is 1. The standard InChI is InChI=1S/C13H18Cl2O/c1-7(2)10-9(14)6-8(13(3,4)5)12(16)11(10)15/h6-7,16H,1-5H3. The Morgan fingerprint density at radius 2 is 1.69 bits per heavy atom. The van der Waals surface area contributed by atoms with Crippen molar-refractivity contribution in [2.45, 2.75) is 46.0 Å². The Kier molecular flexibility index (Phi) is 3.81. The van der Waals surface area contributed by atoms with Crippen molar-refractivity contribution in [3.63, 3.8) is 0 Å². The average Bonchev–Trinajstić information content (AvgIpc) is 2.09. The largest absolute Gasteiger partial charge is 0.506 e. The van der Waals surface area contributed by atoms with Gasteiger partial charge in [-0.2, -0.15) is 0 Å². The maximum atomic E-state index is 10.1. The summed E-state index contributed by atoms with van der Waals surface area (Å²) in [4.78, 5) is 0. The molecule has 0 aliphatic carbocycles. The zero-order chi connectivity index (χ0) is 12.7. The number of phenolic OH excluding ortho intramolecular Hbond substituents is 1. The Bertz CT molecular complexity index is 403. The smallest absolute Gasteiger partial charge is 0.138 e. The van der Waals surface area contributed by atoms with Crippen molar-refractivity contribution in [1.82, 2.24) is 0 Å². The third-order valence-corrected chi connectivity index (χ3v) is 3.31. The van der Waals surface area contributed by atoms with Gasteiger partial charge in [-0.15, -0.1) is 0 Å². The monoisotopic (exact) mass is 260 g/mol. The highest BCUT2D eigenvalue weighted by atomic mass is 35.5. The van der Waals surface area contributed by atoms with Gasteiger partial charge < -0.3 is 5.11 Å². The molecule has 0 spiro atoms. The van der Waals surface area contributed by atoms with Gasteiger partial charge >= 0.3 is 0 Å². The van der Waals surface area contributed by atoms with Crippen LogP contribution in [0.3, 0.4) is 0 Å². The lowest BCUT2D eigenvalue weighted by Gasteiger charge is -2.23. The summed E-state index contributed by atoms with van der Waals surface area (Å²) in [6, 6.07) is 1.82. The molecule has 1 nitrogen and oxygen atoms in total. The maximum Gasteiger partial charge on any atom is 0.138 e. The van der Waals surface area contributed by atoms with E-state index < -0.39 is 0 Å². The van der Waals surface area contributed by atoms with Crippen LogP contribution in [-0.4, -0.2) is 5.11 Å². The third-order valence-electron chi connectivity index (χ3n) is 2.61. The number of aromatic hydroxyl groups is 1. The molecule has 0 amide bonds. The van der Waals surface area contributed by atoms with Crippen LogP contribution in [0.2, 0.25) is 10.0 Å². The summed E-state index contributed by atoms with van der Waals surface area (Å²) < 4.78 is 0. The highest BCUT2D eigenvalue weighted by molar-refractivity contribution is 6.37. The molecule has 0 radical (unpaired) electrons. The van der Waals surface area contributed by atoms with Crippen LogP contribution < -0.4 is 0 Å². The molecule has 1 aromatic rings. The van der Waals surface area contributed by atoms with Gasteiger partial charge in [-0.1, -0.05) is 57.8 Å². The highest BCUT2D eigenvalue weighted by Crippen LogP contribution is 2.43. The van der Waals surface area contributed by atoms with E-state index in [2.05, 4.69) is 0 Å². The van der Waals surface area contributed by atoms with E-state index >= 15 is 0 Å². The summed E-state index contributed by atoms with van der Waals surface area (Å²) in [5, 5.41) is 11.1. The fraction of sp³-hybridized carbons (Fsp3) is 0.538. The zero-order valence-corrected chi connectivity index (χ0v) is 11.9. The van der Waals surface area contributed by atoms with Crippen molar-refractivity contribution >= 4 is 23.2 Å². The van der Waals surface area contributed by atoms with Crippen LogP contribution in [-0.2, 0) is 5.41 Å². The Morgan fingerprint density at radius 3 is 2.06 bits per heavy atom. The topological polar surface area (TPSA) is 20.2 Å². The number of hydrogen-bond acceptors (Lipinski definition) is 1. The molecule has 90 valence electrons.